The van der Waals surface area contributed by atoms with Gasteiger partial charge in [-0.3, -0.25) is 9.69 Å². The van der Waals surface area contributed by atoms with Crippen LogP contribution in [0.15, 0.2) is 24.3 Å². The van der Waals surface area contributed by atoms with Gasteiger partial charge in [-0.1, -0.05) is 30.7 Å². The molecule has 4 nitrogen and oxygen atoms in total. The smallest absolute Gasteiger partial charge is 0.223 e. The zero-order chi connectivity index (χ0) is 16.8. The molecule has 1 aromatic rings. The van der Waals surface area contributed by atoms with Gasteiger partial charge in [0, 0.05) is 25.0 Å². The van der Waals surface area contributed by atoms with E-state index in [1.807, 2.05) is 0 Å². The first kappa shape index (κ1) is 20.2. The molecule has 140 valence electrons. The Balaban J connectivity index is 0.00000225. The van der Waals surface area contributed by atoms with Crippen molar-refractivity contribution in [2.75, 3.05) is 19.6 Å². The van der Waals surface area contributed by atoms with Crippen molar-refractivity contribution in [3.8, 4) is 0 Å². The summed E-state index contributed by atoms with van der Waals surface area (Å²) >= 11 is 0. The molecule has 3 rings (SSSR count). The van der Waals surface area contributed by atoms with Gasteiger partial charge in [0.2, 0.25) is 5.91 Å². The molecule has 1 unspecified atom stereocenters. The van der Waals surface area contributed by atoms with Gasteiger partial charge >= 0.3 is 0 Å². The second kappa shape index (κ2) is 10.1. The van der Waals surface area contributed by atoms with E-state index < -0.39 is 0 Å². The van der Waals surface area contributed by atoms with Crippen LogP contribution in [0, 0.1) is 5.92 Å². The zero-order valence-electron chi connectivity index (χ0n) is 15.3. The average Bonchev–Trinajstić information content (AvgIpc) is 2.63. The number of hydrogen-bond acceptors (Lipinski definition) is 3. The predicted molar refractivity (Wildman–Crippen MR) is 105 cm³/mol. The molecule has 0 spiro atoms. The molecule has 5 heteroatoms. The van der Waals surface area contributed by atoms with Crippen molar-refractivity contribution in [1.82, 2.24) is 15.5 Å². The Labute approximate surface area is 158 Å². The lowest BCUT2D eigenvalue weighted by atomic mass is 9.97. The van der Waals surface area contributed by atoms with Crippen LogP contribution in [0.25, 0.3) is 0 Å². The summed E-state index contributed by atoms with van der Waals surface area (Å²) in [5, 5.41) is 6.49. The van der Waals surface area contributed by atoms with Crippen LogP contribution in [0.4, 0.5) is 0 Å². The standard InChI is InChI=1S/C20H31N3O.ClH/c1-16-6-4-5-13-23(16)15-19-8-3-2-7-18(19)14-22-20(24)17-9-11-21-12-10-17;/h2-3,7-8,16-17,21H,4-6,9-15H2,1H3,(H,22,24);1H. The number of amides is 1. The third-order valence-corrected chi connectivity index (χ3v) is 5.60. The van der Waals surface area contributed by atoms with Crippen LogP contribution in [0.2, 0.25) is 0 Å². The summed E-state index contributed by atoms with van der Waals surface area (Å²) < 4.78 is 0. The Morgan fingerprint density at radius 2 is 1.88 bits per heavy atom. The molecule has 1 amide bonds. The molecule has 0 radical (unpaired) electrons. The molecule has 2 heterocycles. The second-order valence-corrected chi connectivity index (χ2v) is 7.33. The van der Waals surface area contributed by atoms with Crippen LogP contribution in [0.5, 0.6) is 0 Å². The minimum Gasteiger partial charge on any atom is -0.352 e. The van der Waals surface area contributed by atoms with E-state index in [9.17, 15) is 4.79 Å². The fourth-order valence-electron chi connectivity index (χ4n) is 3.91. The molecule has 2 aliphatic rings. The number of rotatable bonds is 5. The van der Waals surface area contributed by atoms with Gasteiger partial charge in [-0.15, -0.1) is 12.4 Å². The molecule has 0 aliphatic carbocycles. The maximum absolute atomic E-state index is 12.4. The van der Waals surface area contributed by atoms with Crippen LogP contribution in [-0.4, -0.2) is 36.5 Å². The van der Waals surface area contributed by atoms with Crippen LogP contribution >= 0.6 is 12.4 Å². The highest BCUT2D eigenvalue weighted by molar-refractivity contribution is 5.85. The first-order valence-corrected chi connectivity index (χ1v) is 9.53. The molecule has 25 heavy (non-hydrogen) atoms. The lowest BCUT2D eigenvalue weighted by Gasteiger charge is -2.33. The van der Waals surface area contributed by atoms with E-state index in [4.69, 9.17) is 0 Å². The first-order valence-electron chi connectivity index (χ1n) is 9.53. The number of carbonyl (C=O) groups excluding carboxylic acids is 1. The third kappa shape index (κ3) is 5.70. The van der Waals surface area contributed by atoms with Crippen LogP contribution in [0.3, 0.4) is 0 Å². The van der Waals surface area contributed by atoms with Crippen LogP contribution < -0.4 is 10.6 Å². The molecule has 2 N–H and O–H groups in total. The summed E-state index contributed by atoms with van der Waals surface area (Å²) in [6.45, 7) is 7.10. The summed E-state index contributed by atoms with van der Waals surface area (Å²) in [6.07, 6.45) is 5.87. The lowest BCUT2D eigenvalue weighted by molar-refractivity contribution is -0.125. The normalized spacial score (nSPS) is 22.2. The van der Waals surface area contributed by atoms with Gasteiger partial charge in [0.1, 0.15) is 0 Å². The van der Waals surface area contributed by atoms with Gasteiger partial charge in [-0.25, -0.2) is 0 Å². The Morgan fingerprint density at radius 1 is 1.16 bits per heavy atom. The van der Waals surface area contributed by atoms with E-state index in [1.54, 1.807) is 0 Å². The van der Waals surface area contributed by atoms with Crippen molar-refractivity contribution in [2.45, 2.75) is 58.2 Å². The molecule has 1 atom stereocenters. The highest BCUT2D eigenvalue weighted by Crippen LogP contribution is 2.21. The van der Waals surface area contributed by atoms with E-state index in [2.05, 4.69) is 46.7 Å². The monoisotopic (exact) mass is 365 g/mol. The van der Waals surface area contributed by atoms with Crippen molar-refractivity contribution in [2.24, 2.45) is 5.92 Å². The van der Waals surface area contributed by atoms with E-state index in [0.29, 0.717) is 12.6 Å². The Morgan fingerprint density at radius 3 is 2.60 bits per heavy atom. The van der Waals surface area contributed by atoms with Crippen molar-refractivity contribution in [3.63, 3.8) is 0 Å². The van der Waals surface area contributed by atoms with Crippen molar-refractivity contribution < 1.29 is 4.79 Å². The number of benzene rings is 1. The maximum atomic E-state index is 12.4. The van der Waals surface area contributed by atoms with Crippen LogP contribution in [-0.2, 0) is 17.9 Å². The number of nitrogens with zero attached hydrogens (tertiary/aromatic N) is 1. The minimum absolute atomic E-state index is 0. The fourth-order valence-corrected chi connectivity index (χ4v) is 3.91. The number of carbonyl (C=O) groups is 1. The summed E-state index contributed by atoms with van der Waals surface area (Å²) in [4.78, 5) is 15.0. The zero-order valence-corrected chi connectivity index (χ0v) is 16.1. The van der Waals surface area contributed by atoms with Crippen molar-refractivity contribution in [3.05, 3.63) is 35.4 Å². The van der Waals surface area contributed by atoms with Crippen LogP contribution in [0.1, 0.15) is 50.2 Å². The molecule has 2 saturated heterocycles. The lowest BCUT2D eigenvalue weighted by Crippen LogP contribution is -2.38. The molecule has 0 bridgehead atoms. The Bertz CT molecular complexity index is 545. The third-order valence-electron chi connectivity index (χ3n) is 5.60. The summed E-state index contributed by atoms with van der Waals surface area (Å²) in [5.41, 5.74) is 2.62. The summed E-state index contributed by atoms with van der Waals surface area (Å²) in [6, 6.07) is 9.23. The molecule has 2 aliphatic heterocycles. The SMILES string of the molecule is CC1CCCCN1Cc1ccccc1CNC(=O)C1CCNCC1.Cl. The number of piperidine rings is 2. The predicted octanol–water partition coefficient (Wildman–Crippen LogP) is 3.10. The summed E-state index contributed by atoms with van der Waals surface area (Å²) in [7, 11) is 0. The number of likely N-dealkylation sites (tertiary alicyclic amines) is 1. The van der Waals surface area contributed by atoms with E-state index in [-0.39, 0.29) is 24.2 Å². The number of halogens is 1. The quantitative estimate of drug-likeness (QED) is 0.842. The number of hydrogen-bond donors (Lipinski definition) is 2. The molecule has 2 fully saturated rings. The second-order valence-electron chi connectivity index (χ2n) is 7.33. The first-order chi connectivity index (χ1) is 11.7. The maximum Gasteiger partial charge on any atom is 0.223 e. The average molecular weight is 366 g/mol. The Hall–Kier alpha value is -1.10. The topological polar surface area (TPSA) is 44.4 Å². The van der Waals surface area contributed by atoms with E-state index in [0.717, 1.165) is 32.5 Å². The van der Waals surface area contributed by atoms with Gasteiger partial charge in [-0.2, -0.15) is 0 Å². The largest absolute Gasteiger partial charge is 0.352 e. The van der Waals surface area contributed by atoms with Gasteiger partial charge < -0.3 is 10.6 Å². The molecule has 0 aromatic heterocycles. The van der Waals surface area contributed by atoms with Gasteiger partial charge in [-0.05, 0) is 63.4 Å². The fraction of sp³-hybridized carbons (Fsp3) is 0.650. The van der Waals surface area contributed by atoms with Gasteiger partial charge in [0.05, 0.1) is 0 Å². The van der Waals surface area contributed by atoms with E-state index in [1.165, 1.54) is 36.9 Å². The Kier molecular flexibility index (Phi) is 8.20. The number of nitrogens with one attached hydrogen (secondary N) is 2. The highest BCUT2D eigenvalue weighted by atomic mass is 35.5. The molecule has 0 saturated carbocycles. The minimum atomic E-state index is 0. The highest BCUT2D eigenvalue weighted by Gasteiger charge is 2.22. The van der Waals surface area contributed by atoms with Crippen molar-refractivity contribution in [1.29, 1.82) is 0 Å². The molecule has 1 aromatic carbocycles. The van der Waals surface area contributed by atoms with Gasteiger partial charge in [0.25, 0.3) is 0 Å². The van der Waals surface area contributed by atoms with Crippen molar-refractivity contribution >= 4 is 18.3 Å². The molecular weight excluding hydrogens is 334 g/mol. The molecular formula is C20H32ClN3O. The summed E-state index contributed by atoms with van der Waals surface area (Å²) in [5.74, 6) is 0.401. The van der Waals surface area contributed by atoms with Gasteiger partial charge in [0.15, 0.2) is 0 Å². The van der Waals surface area contributed by atoms with E-state index >= 15 is 0 Å².